The number of nitrogens with one attached hydrogen (secondary N) is 1. The van der Waals surface area contributed by atoms with Crippen LogP contribution in [0.3, 0.4) is 0 Å². The number of piperidine rings is 1. The average molecular weight is 205 g/mol. The Morgan fingerprint density at radius 3 is 2.80 bits per heavy atom. The molecule has 3 heteroatoms. The maximum Gasteiger partial charge on any atom is 0.0556 e. The van der Waals surface area contributed by atoms with Crippen molar-refractivity contribution in [1.29, 1.82) is 0 Å². The van der Waals surface area contributed by atoms with Crippen molar-refractivity contribution in [1.82, 2.24) is 15.1 Å². The predicted octanol–water partition coefficient (Wildman–Crippen LogP) is 2.42. The first-order valence-corrected chi connectivity index (χ1v) is 6.22. The molecule has 2 aliphatic rings. The zero-order valence-corrected chi connectivity index (χ0v) is 9.15. The predicted molar refractivity (Wildman–Crippen MR) is 59.7 cm³/mol. The number of rotatable bonds is 2. The molecule has 1 aromatic heterocycles. The lowest BCUT2D eigenvalue weighted by atomic mass is 9.92. The maximum absolute atomic E-state index is 4.49. The summed E-state index contributed by atoms with van der Waals surface area (Å²) >= 11 is 0. The summed E-state index contributed by atoms with van der Waals surface area (Å²) in [5, 5.41) is 8.09. The number of aromatic nitrogens is 2. The normalized spacial score (nSPS) is 27.6. The molecule has 1 unspecified atom stereocenters. The van der Waals surface area contributed by atoms with Crippen molar-refractivity contribution >= 4 is 0 Å². The zero-order chi connectivity index (χ0) is 10.1. The Hall–Kier alpha value is -0.830. The van der Waals surface area contributed by atoms with Crippen molar-refractivity contribution in [3.63, 3.8) is 0 Å². The molecule has 0 aromatic carbocycles. The molecule has 2 fully saturated rings. The smallest absolute Gasteiger partial charge is 0.0556 e. The van der Waals surface area contributed by atoms with Crippen molar-refractivity contribution < 1.29 is 0 Å². The zero-order valence-electron chi connectivity index (χ0n) is 9.15. The van der Waals surface area contributed by atoms with Gasteiger partial charge in [-0.1, -0.05) is 6.42 Å². The quantitative estimate of drug-likeness (QED) is 0.803. The standard InChI is InChI=1S/C12H19N3/c1-2-8-13-11(6-1)12-7-9-14-15(12)10-4-3-5-10/h7,9-11,13H,1-6,8H2. The van der Waals surface area contributed by atoms with E-state index in [2.05, 4.69) is 21.2 Å². The Morgan fingerprint density at radius 1 is 1.20 bits per heavy atom. The summed E-state index contributed by atoms with van der Waals surface area (Å²) in [5.41, 5.74) is 1.42. The molecule has 0 amide bonds. The topological polar surface area (TPSA) is 29.9 Å². The lowest BCUT2D eigenvalue weighted by Crippen LogP contribution is -2.31. The Morgan fingerprint density at radius 2 is 2.13 bits per heavy atom. The van der Waals surface area contributed by atoms with E-state index < -0.39 is 0 Å². The first-order valence-electron chi connectivity index (χ1n) is 6.22. The van der Waals surface area contributed by atoms with Crippen molar-refractivity contribution in [3.05, 3.63) is 18.0 Å². The third-order valence-corrected chi connectivity index (χ3v) is 3.79. The minimum absolute atomic E-state index is 0.557. The highest BCUT2D eigenvalue weighted by Gasteiger charge is 2.25. The van der Waals surface area contributed by atoms with Crippen LogP contribution in [0.5, 0.6) is 0 Å². The molecule has 1 aliphatic heterocycles. The monoisotopic (exact) mass is 205 g/mol. The van der Waals surface area contributed by atoms with E-state index in [1.165, 1.54) is 50.8 Å². The van der Waals surface area contributed by atoms with Crippen molar-refractivity contribution in [2.75, 3.05) is 6.54 Å². The summed E-state index contributed by atoms with van der Waals surface area (Å²) in [7, 11) is 0. The molecule has 15 heavy (non-hydrogen) atoms. The third-order valence-electron chi connectivity index (χ3n) is 3.79. The fourth-order valence-electron chi connectivity index (χ4n) is 2.64. The van der Waals surface area contributed by atoms with Crippen LogP contribution < -0.4 is 5.32 Å². The average Bonchev–Trinajstić information content (AvgIpc) is 2.65. The van der Waals surface area contributed by atoms with Crippen molar-refractivity contribution in [2.45, 2.75) is 50.6 Å². The molecule has 1 N–H and O–H groups in total. The second-order valence-electron chi connectivity index (χ2n) is 4.79. The Balaban J connectivity index is 1.80. The van der Waals surface area contributed by atoms with Crippen LogP contribution in [0, 0.1) is 0 Å². The SMILES string of the molecule is c1cc(C2CCCCN2)n(C2CCC2)n1. The molecular weight excluding hydrogens is 186 g/mol. The molecule has 3 nitrogen and oxygen atoms in total. The van der Waals surface area contributed by atoms with E-state index in [1.54, 1.807) is 0 Å². The lowest BCUT2D eigenvalue weighted by Gasteiger charge is -2.31. The van der Waals surface area contributed by atoms with Crippen LogP contribution >= 0.6 is 0 Å². The van der Waals surface area contributed by atoms with Crippen LogP contribution in [0.15, 0.2) is 12.3 Å². The van der Waals surface area contributed by atoms with Gasteiger partial charge in [0.15, 0.2) is 0 Å². The van der Waals surface area contributed by atoms with Crippen LogP contribution in [0.2, 0.25) is 0 Å². The first kappa shape index (κ1) is 9.40. The lowest BCUT2D eigenvalue weighted by molar-refractivity contribution is 0.267. The highest BCUT2D eigenvalue weighted by atomic mass is 15.3. The molecule has 1 saturated heterocycles. The molecule has 0 spiro atoms. The maximum atomic E-state index is 4.49. The van der Waals surface area contributed by atoms with E-state index >= 15 is 0 Å². The number of hydrogen-bond acceptors (Lipinski definition) is 2. The van der Waals surface area contributed by atoms with Gasteiger partial charge in [-0.2, -0.15) is 5.10 Å². The minimum atomic E-state index is 0.557. The Kier molecular flexibility index (Phi) is 2.49. The van der Waals surface area contributed by atoms with E-state index in [9.17, 15) is 0 Å². The van der Waals surface area contributed by atoms with Crippen molar-refractivity contribution in [2.24, 2.45) is 0 Å². The van der Waals surface area contributed by atoms with Gasteiger partial charge in [-0.05, 0) is 44.7 Å². The van der Waals surface area contributed by atoms with E-state index in [0.717, 1.165) is 0 Å². The van der Waals surface area contributed by atoms with E-state index in [-0.39, 0.29) is 0 Å². The van der Waals surface area contributed by atoms with E-state index in [0.29, 0.717) is 12.1 Å². The molecule has 82 valence electrons. The van der Waals surface area contributed by atoms with Gasteiger partial charge in [0.2, 0.25) is 0 Å². The first-order chi connectivity index (χ1) is 7.45. The van der Waals surface area contributed by atoms with Gasteiger partial charge in [-0.3, -0.25) is 4.68 Å². The fourth-order valence-corrected chi connectivity index (χ4v) is 2.64. The summed E-state index contributed by atoms with van der Waals surface area (Å²) in [6.45, 7) is 1.17. The molecule has 1 saturated carbocycles. The molecule has 1 aromatic rings. The van der Waals surface area contributed by atoms with E-state index in [4.69, 9.17) is 0 Å². The second kappa shape index (κ2) is 3.97. The third kappa shape index (κ3) is 1.69. The van der Waals surface area contributed by atoms with Gasteiger partial charge < -0.3 is 5.32 Å². The van der Waals surface area contributed by atoms with Gasteiger partial charge in [0, 0.05) is 12.2 Å². The minimum Gasteiger partial charge on any atom is -0.309 e. The molecule has 1 aliphatic carbocycles. The molecule has 0 bridgehead atoms. The molecule has 3 rings (SSSR count). The van der Waals surface area contributed by atoms with Crippen LogP contribution in [0.1, 0.15) is 56.3 Å². The van der Waals surface area contributed by atoms with Crippen LogP contribution in [0.25, 0.3) is 0 Å². The summed E-state index contributed by atoms with van der Waals surface area (Å²) < 4.78 is 2.27. The molecular formula is C12H19N3. The summed E-state index contributed by atoms with van der Waals surface area (Å²) in [5.74, 6) is 0. The van der Waals surface area contributed by atoms with Gasteiger partial charge in [0.25, 0.3) is 0 Å². The van der Waals surface area contributed by atoms with Crippen molar-refractivity contribution in [3.8, 4) is 0 Å². The summed E-state index contributed by atoms with van der Waals surface area (Å²) in [4.78, 5) is 0. The van der Waals surface area contributed by atoms with Gasteiger partial charge >= 0.3 is 0 Å². The summed E-state index contributed by atoms with van der Waals surface area (Å²) in [6, 6.07) is 3.45. The molecule has 2 heterocycles. The van der Waals surface area contributed by atoms with Gasteiger partial charge in [-0.15, -0.1) is 0 Å². The largest absolute Gasteiger partial charge is 0.309 e. The summed E-state index contributed by atoms with van der Waals surface area (Å²) in [6.07, 6.45) is 9.94. The second-order valence-corrected chi connectivity index (χ2v) is 4.79. The highest BCUT2D eigenvalue weighted by molar-refractivity contribution is 5.09. The van der Waals surface area contributed by atoms with Gasteiger partial charge in [0.1, 0.15) is 0 Å². The van der Waals surface area contributed by atoms with Gasteiger partial charge in [0.05, 0.1) is 11.7 Å². The Bertz CT molecular complexity index is 321. The van der Waals surface area contributed by atoms with Crippen LogP contribution in [0.4, 0.5) is 0 Å². The fraction of sp³-hybridized carbons (Fsp3) is 0.750. The molecule has 0 radical (unpaired) electrons. The number of nitrogens with zero attached hydrogens (tertiary/aromatic N) is 2. The van der Waals surface area contributed by atoms with Gasteiger partial charge in [-0.25, -0.2) is 0 Å². The number of hydrogen-bond donors (Lipinski definition) is 1. The highest BCUT2D eigenvalue weighted by Crippen LogP contribution is 2.34. The molecule has 1 atom stereocenters. The van der Waals surface area contributed by atoms with E-state index in [1.807, 2.05) is 6.20 Å². The van der Waals surface area contributed by atoms with Crippen LogP contribution in [-0.4, -0.2) is 16.3 Å². The van der Waals surface area contributed by atoms with Crippen LogP contribution in [-0.2, 0) is 0 Å². The Labute approximate surface area is 90.9 Å².